The number of nitrogens with one attached hydrogen (secondary N) is 1. The Morgan fingerprint density at radius 1 is 1.35 bits per heavy atom. The number of rotatable bonds is 4. The quantitative estimate of drug-likeness (QED) is 0.784. The van der Waals surface area contributed by atoms with Crippen LogP contribution in [0.3, 0.4) is 0 Å². The zero-order valence-corrected chi connectivity index (χ0v) is 13.6. The van der Waals surface area contributed by atoms with E-state index >= 15 is 0 Å². The Morgan fingerprint density at radius 3 is 2.87 bits per heavy atom. The summed E-state index contributed by atoms with van der Waals surface area (Å²) >= 11 is 11.9. The maximum absolute atomic E-state index is 12.2. The first-order valence-corrected chi connectivity index (χ1v) is 7.41. The van der Waals surface area contributed by atoms with E-state index in [2.05, 4.69) is 20.5 Å². The number of carbonyl (C=O) groups excluding carboxylic acids is 1. The minimum atomic E-state index is -0.421. The van der Waals surface area contributed by atoms with Gasteiger partial charge in [-0.1, -0.05) is 35.3 Å². The lowest BCUT2D eigenvalue weighted by atomic mass is 10.2. The number of benzene rings is 1. The first-order valence-electron chi connectivity index (χ1n) is 6.65. The molecule has 0 aliphatic heterocycles. The molecule has 118 valence electrons. The van der Waals surface area contributed by atoms with Gasteiger partial charge in [0.25, 0.3) is 5.91 Å². The van der Waals surface area contributed by atoms with E-state index in [4.69, 9.17) is 23.2 Å². The second-order valence-corrected chi connectivity index (χ2v) is 5.66. The van der Waals surface area contributed by atoms with Crippen molar-refractivity contribution in [1.29, 1.82) is 0 Å². The average molecular weight is 351 g/mol. The maximum Gasteiger partial charge on any atom is 0.277 e. The molecular weight excluding hydrogens is 339 g/mol. The average Bonchev–Trinajstić information content (AvgIpc) is 3.06. The zero-order valence-electron chi connectivity index (χ0n) is 12.1. The van der Waals surface area contributed by atoms with Crippen molar-refractivity contribution in [3.8, 4) is 0 Å². The highest BCUT2D eigenvalue weighted by Gasteiger charge is 2.17. The van der Waals surface area contributed by atoms with Crippen molar-refractivity contribution in [2.45, 2.75) is 6.54 Å². The van der Waals surface area contributed by atoms with Crippen molar-refractivity contribution in [2.75, 3.05) is 5.32 Å². The number of amides is 1. The van der Waals surface area contributed by atoms with Crippen LogP contribution in [0.1, 0.15) is 16.1 Å². The molecule has 0 aliphatic carbocycles. The lowest BCUT2D eigenvalue weighted by Gasteiger charge is -2.03. The summed E-state index contributed by atoms with van der Waals surface area (Å²) in [7, 11) is 1.63. The molecule has 1 aromatic carbocycles. The first-order chi connectivity index (χ1) is 11.0. The van der Waals surface area contributed by atoms with Crippen LogP contribution in [0.5, 0.6) is 0 Å². The van der Waals surface area contributed by atoms with Gasteiger partial charge < -0.3 is 0 Å². The van der Waals surface area contributed by atoms with Crippen molar-refractivity contribution >= 4 is 35.1 Å². The van der Waals surface area contributed by atoms with Gasteiger partial charge in [0.1, 0.15) is 12.0 Å². The van der Waals surface area contributed by atoms with E-state index in [0.29, 0.717) is 11.6 Å². The van der Waals surface area contributed by atoms with Crippen molar-refractivity contribution in [3.05, 3.63) is 58.1 Å². The monoisotopic (exact) mass is 350 g/mol. The minimum Gasteiger partial charge on any atom is -0.288 e. The molecule has 0 saturated carbocycles. The third kappa shape index (κ3) is 3.52. The minimum absolute atomic E-state index is 0.189. The van der Waals surface area contributed by atoms with Gasteiger partial charge in [-0.2, -0.15) is 5.10 Å². The molecule has 0 atom stereocenters. The Kier molecular flexibility index (Phi) is 4.31. The summed E-state index contributed by atoms with van der Waals surface area (Å²) in [5, 5.41) is 11.6. The predicted octanol–water partition coefficient (Wildman–Crippen LogP) is 2.62. The highest BCUT2D eigenvalue weighted by atomic mass is 35.5. The van der Waals surface area contributed by atoms with Gasteiger partial charge in [-0.3, -0.25) is 14.8 Å². The van der Waals surface area contributed by atoms with Crippen LogP contribution in [0.25, 0.3) is 0 Å². The van der Waals surface area contributed by atoms with Gasteiger partial charge >= 0.3 is 0 Å². The van der Waals surface area contributed by atoms with Gasteiger partial charge in [-0.15, -0.1) is 5.10 Å². The van der Waals surface area contributed by atoms with Crippen LogP contribution in [0.2, 0.25) is 10.0 Å². The van der Waals surface area contributed by atoms with Gasteiger partial charge in [-0.25, -0.2) is 9.67 Å². The largest absolute Gasteiger partial charge is 0.288 e. The number of hydrogen-bond donors (Lipinski definition) is 1. The molecule has 1 N–H and O–H groups in total. The summed E-state index contributed by atoms with van der Waals surface area (Å²) in [5.74, 6) is -0.232. The number of anilines is 1. The third-order valence-corrected chi connectivity index (χ3v) is 3.62. The Bertz CT molecular complexity index is 837. The van der Waals surface area contributed by atoms with Gasteiger partial charge in [0.15, 0.2) is 0 Å². The van der Waals surface area contributed by atoms with E-state index in [-0.39, 0.29) is 16.7 Å². The highest BCUT2D eigenvalue weighted by molar-refractivity contribution is 6.34. The number of nitrogens with zero attached hydrogens (tertiary/aromatic N) is 5. The molecule has 0 fully saturated rings. The zero-order chi connectivity index (χ0) is 16.4. The lowest BCUT2D eigenvalue weighted by Crippen LogP contribution is -2.17. The molecule has 0 radical (unpaired) electrons. The Balaban J connectivity index is 1.71. The van der Waals surface area contributed by atoms with E-state index in [9.17, 15) is 4.79 Å². The first kappa shape index (κ1) is 15.5. The standard InChI is InChI=1S/C14H12Cl2N6O/c1-21-12(11(16)6-18-21)13(23)19-14-17-8-22(20-14)7-9-3-2-4-10(15)5-9/h2-6,8H,7H2,1H3,(H,19,20,23). The molecular formula is C14H12Cl2N6O. The molecule has 23 heavy (non-hydrogen) atoms. The lowest BCUT2D eigenvalue weighted by molar-refractivity contribution is 0.101. The second-order valence-electron chi connectivity index (χ2n) is 4.81. The molecule has 2 aromatic heterocycles. The van der Waals surface area contributed by atoms with Crippen LogP contribution in [0, 0.1) is 0 Å². The number of aryl methyl sites for hydroxylation is 1. The number of halogens is 2. The molecule has 0 spiro atoms. The summed E-state index contributed by atoms with van der Waals surface area (Å²) in [5.41, 5.74) is 1.23. The number of hydrogen-bond acceptors (Lipinski definition) is 4. The highest BCUT2D eigenvalue weighted by Crippen LogP contribution is 2.15. The van der Waals surface area contributed by atoms with Gasteiger partial charge in [0.05, 0.1) is 17.8 Å². The normalized spacial score (nSPS) is 10.7. The molecule has 3 rings (SSSR count). The van der Waals surface area contributed by atoms with E-state index in [1.807, 2.05) is 18.2 Å². The molecule has 0 unspecified atom stereocenters. The Morgan fingerprint density at radius 2 is 2.17 bits per heavy atom. The summed E-state index contributed by atoms with van der Waals surface area (Å²) in [6, 6.07) is 7.44. The van der Waals surface area contributed by atoms with Crippen LogP contribution in [-0.2, 0) is 13.6 Å². The molecule has 7 nitrogen and oxygen atoms in total. The van der Waals surface area contributed by atoms with Gasteiger partial charge in [-0.05, 0) is 17.7 Å². The van der Waals surface area contributed by atoms with Gasteiger partial charge in [0.2, 0.25) is 5.95 Å². The smallest absolute Gasteiger partial charge is 0.277 e. The molecule has 3 aromatic rings. The molecule has 0 aliphatic rings. The van der Waals surface area contributed by atoms with E-state index in [1.165, 1.54) is 17.2 Å². The topological polar surface area (TPSA) is 77.6 Å². The molecule has 0 bridgehead atoms. The molecule has 1 amide bonds. The van der Waals surface area contributed by atoms with Crippen LogP contribution in [-0.4, -0.2) is 30.5 Å². The molecule has 0 saturated heterocycles. The Hall–Kier alpha value is -2.38. The van der Waals surface area contributed by atoms with Crippen molar-refractivity contribution < 1.29 is 4.79 Å². The van der Waals surface area contributed by atoms with E-state index in [1.54, 1.807) is 17.8 Å². The fourth-order valence-electron chi connectivity index (χ4n) is 2.08. The predicted molar refractivity (Wildman–Crippen MR) is 86.7 cm³/mol. The fourth-order valence-corrected chi connectivity index (χ4v) is 2.54. The van der Waals surface area contributed by atoms with Crippen LogP contribution in [0.15, 0.2) is 36.8 Å². The van der Waals surface area contributed by atoms with Crippen molar-refractivity contribution in [1.82, 2.24) is 24.5 Å². The summed E-state index contributed by atoms with van der Waals surface area (Å²) in [6.07, 6.45) is 2.93. The summed E-state index contributed by atoms with van der Waals surface area (Å²) in [4.78, 5) is 16.2. The SMILES string of the molecule is Cn1ncc(Cl)c1C(=O)Nc1ncn(Cc2cccc(Cl)c2)n1. The van der Waals surface area contributed by atoms with Gasteiger partial charge in [0, 0.05) is 12.1 Å². The van der Waals surface area contributed by atoms with E-state index < -0.39 is 5.91 Å². The summed E-state index contributed by atoms with van der Waals surface area (Å²) in [6.45, 7) is 0.496. The third-order valence-electron chi connectivity index (χ3n) is 3.10. The van der Waals surface area contributed by atoms with Crippen LogP contribution < -0.4 is 5.32 Å². The molecule has 9 heteroatoms. The number of aromatic nitrogens is 5. The number of carbonyl (C=O) groups is 1. The van der Waals surface area contributed by atoms with Crippen LogP contribution >= 0.6 is 23.2 Å². The van der Waals surface area contributed by atoms with E-state index in [0.717, 1.165) is 5.56 Å². The maximum atomic E-state index is 12.2. The Labute approximate surface area is 141 Å². The molecule has 2 heterocycles. The van der Waals surface area contributed by atoms with Crippen LogP contribution in [0.4, 0.5) is 5.95 Å². The van der Waals surface area contributed by atoms with Crippen molar-refractivity contribution in [3.63, 3.8) is 0 Å². The fraction of sp³-hybridized carbons (Fsp3) is 0.143. The second kappa shape index (κ2) is 6.39. The van der Waals surface area contributed by atoms with Crippen molar-refractivity contribution in [2.24, 2.45) is 7.05 Å². The summed E-state index contributed by atoms with van der Waals surface area (Å²) < 4.78 is 2.99.